The van der Waals surface area contributed by atoms with E-state index in [9.17, 15) is 0 Å². The van der Waals surface area contributed by atoms with E-state index in [1.54, 1.807) is 23.1 Å². The second-order valence-electron chi connectivity index (χ2n) is 5.84. The van der Waals surface area contributed by atoms with Crippen LogP contribution in [0.25, 0.3) is 22.3 Å². The molecule has 0 saturated carbocycles. The molecule has 3 heterocycles. The van der Waals surface area contributed by atoms with Crippen molar-refractivity contribution in [3.05, 3.63) is 51.7 Å². The van der Waals surface area contributed by atoms with Crippen LogP contribution in [-0.4, -0.2) is 26.3 Å². The van der Waals surface area contributed by atoms with Crippen LogP contribution in [0.5, 0.6) is 0 Å². The third-order valence-corrected chi connectivity index (χ3v) is 5.37. The molecule has 0 spiro atoms. The van der Waals surface area contributed by atoms with Crippen LogP contribution in [0.1, 0.15) is 4.88 Å². The number of hydrogen-bond acceptors (Lipinski definition) is 6. The van der Waals surface area contributed by atoms with E-state index in [1.807, 2.05) is 24.3 Å². The molecule has 0 aliphatic rings. The maximum absolute atomic E-state index is 6.40. The Morgan fingerprint density at radius 2 is 2.04 bits per heavy atom. The van der Waals surface area contributed by atoms with Gasteiger partial charge in [-0.2, -0.15) is 10.1 Å². The Hall–Kier alpha value is -2.64. The molecule has 132 valence electrons. The van der Waals surface area contributed by atoms with Crippen LogP contribution in [-0.2, 0) is 13.5 Å². The Bertz CT molecular complexity index is 1060. The number of aryl methyl sites for hydroxylation is 1. The Morgan fingerprint density at radius 1 is 1.19 bits per heavy atom. The fourth-order valence-corrected chi connectivity index (χ4v) is 3.73. The number of fused-ring (bicyclic) bond motifs is 1. The minimum Gasteiger partial charge on any atom is -0.383 e. The normalized spacial score (nSPS) is 11.2. The fraction of sp³-hybridized carbons (Fsp3) is 0.167. The fourth-order valence-electron chi connectivity index (χ4n) is 2.79. The van der Waals surface area contributed by atoms with Crippen molar-refractivity contribution in [1.82, 2.24) is 19.7 Å². The highest BCUT2D eigenvalue weighted by molar-refractivity contribution is 7.09. The number of aromatic nitrogens is 4. The van der Waals surface area contributed by atoms with Crippen molar-refractivity contribution in [3.8, 4) is 11.3 Å². The third-order valence-electron chi connectivity index (χ3n) is 4.10. The number of halogens is 1. The number of nitrogen functional groups attached to an aromatic ring is 1. The van der Waals surface area contributed by atoms with Crippen molar-refractivity contribution >= 4 is 45.7 Å². The Kier molecular flexibility index (Phi) is 4.48. The molecule has 0 amide bonds. The lowest BCUT2D eigenvalue weighted by Gasteiger charge is -2.09. The number of thiophene rings is 1. The number of hydrogen-bond donors (Lipinski definition) is 2. The molecule has 0 aliphatic carbocycles. The van der Waals surface area contributed by atoms with Gasteiger partial charge >= 0.3 is 0 Å². The van der Waals surface area contributed by atoms with Crippen molar-refractivity contribution < 1.29 is 0 Å². The lowest BCUT2D eigenvalue weighted by molar-refractivity contribution is 0.787. The lowest BCUT2D eigenvalue weighted by Crippen LogP contribution is -2.08. The van der Waals surface area contributed by atoms with Crippen LogP contribution in [0, 0.1) is 0 Å². The number of nitrogens with two attached hydrogens (primary N) is 1. The molecule has 0 saturated heterocycles. The van der Waals surface area contributed by atoms with Gasteiger partial charge in [0, 0.05) is 29.1 Å². The molecule has 1 aromatic carbocycles. The average Bonchev–Trinajstić information content (AvgIpc) is 3.24. The summed E-state index contributed by atoms with van der Waals surface area (Å²) in [5.41, 5.74) is 8.24. The van der Waals surface area contributed by atoms with Crippen molar-refractivity contribution in [3.63, 3.8) is 0 Å². The number of nitrogens with one attached hydrogen (secondary N) is 1. The largest absolute Gasteiger partial charge is 0.383 e. The first kappa shape index (κ1) is 16.8. The first-order chi connectivity index (χ1) is 12.6. The SMILES string of the molecule is Cn1nc2nc(NCCc3cccs3)nc(-c3ccccc3Cl)c2c1N. The molecule has 6 nitrogen and oxygen atoms in total. The molecule has 26 heavy (non-hydrogen) atoms. The summed E-state index contributed by atoms with van der Waals surface area (Å²) in [5, 5.41) is 11.1. The second kappa shape index (κ2) is 6.93. The Labute approximate surface area is 159 Å². The minimum absolute atomic E-state index is 0.514. The third kappa shape index (κ3) is 3.11. The molecule has 0 bridgehead atoms. The van der Waals surface area contributed by atoms with Gasteiger partial charge in [0.1, 0.15) is 5.82 Å². The molecule has 0 radical (unpaired) electrons. The number of benzene rings is 1. The molecule has 4 aromatic rings. The maximum Gasteiger partial charge on any atom is 0.225 e. The van der Waals surface area contributed by atoms with Gasteiger partial charge in [-0.25, -0.2) is 4.98 Å². The average molecular weight is 385 g/mol. The predicted molar refractivity (Wildman–Crippen MR) is 108 cm³/mol. The molecular weight excluding hydrogens is 368 g/mol. The quantitative estimate of drug-likeness (QED) is 0.543. The highest BCUT2D eigenvalue weighted by Gasteiger charge is 2.18. The molecule has 0 atom stereocenters. The summed E-state index contributed by atoms with van der Waals surface area (Å²) in [6, 6.07) is 11.7. The number of nitrogens with zero attached hydrogens (tertiary/aromatic N) is 4. The summed E-state index contributed by atoms with van der Waals surface area (Å²) in [6.07, 6.45) is 0.908. The minimum atomic E-state index is 0.514. The Balaban J connectivity index is 1.74. The molecule has 3 N–H and O–H groups in total. The van der Waals surface area contributed by atoms with Crippen molar-refractivity contribution in [2.45, 2.75) is 6.42 Å². The van der Waals surface area contributed by atoms with E-state index in [4.69, 9.17) is 17.3 Å². The van der Waals surface area contributed by atoms with E-state index >= 15 is 0 Å². The maximum atomic E-state index is 6.40. The van der Waals surface area contributed by atoms with Crippen LogP contribution in [0.2, 0.25) is 5.02 Å². The van der Waals surface area contributed by atoms with Gasteiger partial charge in [0.25, 0.3) is 0 Å². The molecular formula is C18H17ClN6S. The standard InChI is InChI=1S/C18H17ClN6S/c1-25-16(20)14-15(12-6-2-3-7-13(12)19)22-18(23-17(14)24-25)21-9-8-11-5-4-10-26-11/h2-7,10H,8-9,20H2,1H3,(H,21,23,24). The first-order valence-corrected chi connectivity index (χ1v) is 9.40. The van der Waals surface area contributed by atoms with E-state index in [0.717, 1.165) is 18.5 Å². The number of rotatable bonds is 5. The van der Waals surface area contributed by atoms with E-state index in [1.165, 1.54) is 4.88 Å². The van der Waals surface area contributed by atoms with Gasteiger partial charge < -0.3 is 11.1 Å². The van der Waals surface area contributed by atoms with Crippen LogP contribution >= 0.6 is 22.9 Å². The second-order valence-corrected chi connectivity index (χ2v) is 7.28. The van der Waals surface area contributed by atoms with Crippen LogP contribution < -0.4 is 11.1 Å². The van der Waals surface area contributed by atoms with Crippen molar-refractivity contribution in [2.24, 2.45) is 7.05 Å². The highest BCUT2D eigenvalue weighted by atomic mass is 35.5. The van der Waals surface area contributed by atoms with E-state index in [-0.39, 0.29) is 0 Å². The van der Waals surface area contributed by atoms with E-state index in [0.29, 0.717) is 33.5 Å². The highest BCUT2D eigenvalue weighted by Crippen LogP contribution is 2.34. The molecule has 0 aliphatic heterocycles. The lowest BCUT2D eigenvalue weighted by atomic mass is 10.1. The van der Waals surface area contributed by atoms with Crippen molar-refractivity contribution in [2.75, 3.05) is 17.6 Å². The van der Waals surface area contributed by atoms with Crippen LogP contribution in [0.3, 0.4) is 0 Å². The van der Waals surface area contributed by atoms with Crippen molar-refractivity contribution in [1.29, 1.82) is 0 Å². The van der Waals surface area contributed by atoms with E-state index in [2.05, 4.69) is 37.9 Å². The summed E-state index contributed by atoms with van der Waals surface area (Å²) in [5.74, 6) is 1.03. The van der Waals surface area contributed by atoms with Gasteiger partial charge in [0.2, 0.25) is 5.95 Å². The molecule has 0 unspecified atom stereocenters. The molecule has 8 heteroatoms. The zero-order valence-electron chi connectivity index (χ0n) is 14.1. The summed E-state index contributed by atoms with van der Waals surface area (Å²) in [6.45, 7) is 0.732. The van der Waals surface area contributed by atoms with Gasteiger partial charge in [-0.3, -0.25) is 4.68 Å². The smallest absolute Gasteiger partial charge is 0.225 e. The summed E-state index contributed by atoms with van der Waals surface area (Å²) >= 11 is 8.13. The van der Waals surface area contributed by atoms with E-state index < -0.39 is 0 Å². The van der Waals surface area contributed by atoms with Gasteiger partial charge in [0.05, 0.1) is 11.1 Å². The Morgan fingerprint density at radius 3 is 2.81 bits per heavy atom. The topological polar surface area (TPSA) is 81.7 Å². The summed E-state index contributed by atoms with van der Waals surface area (Å²) < 4.78 is 1.61. The monoisotopic (exact) mass is 384 g/mol. The van der Waals surface area contributed by atoms with Gasteiger partial charge in [-0.05, 0) is 23.9 Å². The predicted octanol–water partition coefficient (Wildman–Crippen LogP) is 3.98. The molecule has 4 rings (SSSR count). The van der Waals surface area contributed by atoms with Crippen LogP contribution in [0.15, 0.2) is 41.8 Å². The molecule has 0 fully saturated rings. The van der Waals surface area contributed by atoms with Gasteiger partial charge in [-0.15, -0.1) is 11.3 Å². The van der Waals surface area contributed by atoms with Crippen LogP contribution in [0.4, 0.5) is 11.8 Å². The summed E-state index contributed by atoms with van der Waals surface area (Å²) in [4.78, 5) is 10.5. The van der Waals surface area contributed by atoms with Gasteiger partial charge in [-0.1, -0.05) is 35.9 Å². The number of anilines is 2. The first-order valence-electron chi connectivity index (χ1n) is 8.15. The zero-order valence-corrected chi connectivity index (χ0v) is 15.7. The zero-order chi connectivity index (χ0) is 18.1. The summed E-state index contributed by atoms with van der Waals surface area (Å²) in [7, 11) is 1.79. The van der Waals surface area contributed by atoms with Gasteiger partial charge in [0.15, 0.2) is 5.65 Å². The molecule has 3 aromatic heterocycles.